The Morgan fingerprint density at radius 3 is 2.81 bits per heavy atom. The van der Waals surface area contributed by atoms with E-state index in [2.05, 4.69) is 39.6 Å². The van der Waals surface area contributed by atoms with Crippen LogP contribution in [0.2, 0.25) is 0 Å². The average molecular weight is 297 g/mol. The van der Waals surface area contributed by atoms with Gasteiger partial charge in [0.25, 0.3) is 0 Å². The van der Waals surface area contributed by atoms with E-state index in [1.165, 1.54) is 10.4 Å². The van der Waals surface area contributed by atoms with Crippen LogP contribution in [-0.2, 0) is 6.54 Å². The van der Waals surface area contributed by atoms with Crippen molar-refractivity contribution in [3.05, 3.63) is 44.6 Å². The van der Waals surface area contributed by atoms with E-state index in [1.54, 1.807) is 11.3 Å². The fourth-order valence-corrected chi connectivity index (χ4v) is 2.68. The zero-order chi connectivity index (χ0) is 11.5. The number of hydrogen-bond donors (Lipinski definition) is 2. The first-order valence-corrected chi connectivity index (χ1v) is 6.66. The van der Waals surface area contributed by atoms with Gasteiger partial charge in [0.2, 0.25) is 0 Å². The Labute approximate surface area is 108 Å². The molecule has 0 unspecified atom stereocenters. The maximum atomic E-state index is 5.91. The minimum Gasteiger partial charge on any atom is -0.397 e. The molecule has 0 bridgehead atoms. The maximum Gasteiger partial charge on any atom is 0.0577 e. The predicted octanol–water partition coefficient (Wildman–Crippen LogP) is 4.01. The van der Waals surface area contributed by atoms with Crippen LogP contribution in [0.25, 0.3) is 0 Å². The van der Waals surface area contributed by atoms with Gasteiger partial charge in [-0.15, -0.1) is 11.3 Å². The number of nitrogens with two attached hydrogens (primary N) is 1. The summed E-state index contributed by atoms with van der Waals surface area (Å²) in [4.78, 5) is 1.35. The summed E-state index contributed by atoms with van der Waals surface area (Å²) in [5.41, 5.74) is 8.99. The summed E-state index contributed by atoms with van der Waals surface area (Å²) >= 11 is 5.16. The molecule has 1 heterocycles. The Bertz CT molecular complexity index is 494. The number of anilines is 2. The summed E-state index contributed by atoms with van der Waals surface area (Å²) in [6.45, 7) is 2.95. The van der Waals surface area contributed by atoms with Crippen molar-refractivity contribution in [3.63, 3.8) is 0 Å². The van der Waals surface area contributed by atoms with Crippen molar-refractivity contribution in [2.75, 3.05) is 11.1 Å². The van der Waals surface area contributed by atoms with Crippen molar-refractivity contribution in [2.24, 2.45) is 0 Å². The summed E-state index contributed by atoms with van der Waals surface area (Å²) in [7, 11) is 0. The number of nitrogen functional groups attached to an aromatic ring is 1. The number of thiophene rings is 1. The zero-order valence-corrected chi connectivity index (χ0v) is 11.4. The molecule has 1 aromatic heterocycles. The largest absolute Gasteiger partial charge is 0.397 e. The van der Waals surface area contributed by atoms with E-state index in [4.69, 9.17) is 5.73 Å². The molecule has 2 nitrogen and oxygen atoms in total. The van der Waals surface area contributed by atoms with Crippen LogP contribution in [-0.4, -0.2) is 0 Å². The molecule has 84 valence electrons. The van der Waals surface area contributed by atoms with Crippen molar-refractivity contribution in [1.82, 2.24) is 0 Å². The molecule has 0 amide bonds. The van der Waals surface area contributed by atoms with Crippen LogP contribution in [0, 0.1) is 6.92 Å². The lowest BCUT2D eigenvalue weighted by Crippen LogP contribution is -2.01. The maximum absolute atomic E-state index is 5.91. The first kappa shape index (κ1) is 11.5. The summed E-state index contributed by atoms with van der Waals surface area (Å²) < 4.78 is 1.00. The van der Waals surface area contributed by atoms with Gasteiger partial charge in [-0.2, -0.15) is 0 Å². The zero-order valence-electron chi connectivity index (χ0n) is 8.96. The highest BCUT2D eigenvalue weighted by molar-refractivity contribution is 9.10. The highest BCUT2D eigenvalue weighted by Crippen LogP contribution is 2.24. The van der Waals surface area contributed by atoms with E-state index < -0.39 is 0 Å². The molecule has 0 atom stereocenters. The van der Waals surface area contributed by atoms with Crippen molar-refractivity contribution < 1.29 is 0 Å². The fraction of sp³-hybridized carbons (Fsp3) is 0.167. The van der Waals surface area contributed by atoms with Crippen molar-refractivity contribution in [3.8, 4) is 0 Å². The van der Waals surface area contributed by atoms with Crippen LogP contribution in [0.3, 0.4) is 0 Å². The van der Waals surface area contributed by atoms with E-state index in [9.17, 15) is 0 Å². The van der Waals surface area contributed by atoms with Crippen LogP contribution >= 0.6 is 27.3 Å². The Morgan fingerprint density at radius 2 is 2.19 bits per heavy atom. The molecule has 3 N–H and O–H groups in total. The molecule has 16 heavy (non-hydrogen) atoms. The van der Waals surface area contributed by atoms with Gasteiger partial charge in [0.15, 0.2) is 0 Å². The molecule has 0 radical (unpaired) electrons. The first-order chi connectivity index (χ1) is 7.66. The molecule has 0 fully saturated rings. The van der Waals surface area contributed by atoms with E-state index in [1.807, 2.05) is 18.2 Å². The number of halogens is 1. The minimum absolute atomic E-state index is 0.767. The van der Waals surface area contributed by atoms with Gasteiger partial charge in [0.1, 0.15) is 0 Å². The van der Waals surface area contributed by atoms with E-state index >= 15 is 0 Å². The summed E-state index contributed by atoms with van der Waals surface area (Å²) in [6, 6.07) is 8.01. The SMILES string of the molecule is Cc1ccsc1CNc1ccc(Br)cc1N. The van der Waals surface area contributed by atoms with Crippen LogP contribution in [0.1, 0.15) is 10.4 Å². The third kappa shape index (κ3) is 2.57. The number of benzene rings is 1. The predicted molar refractivity (Wildman–Crippen MR) is 74.9 cm³/mol. The molecular weight excluding hydrogens is 284 g/mol. The Balaban J connectivity index is 2.08. The minimum atomic E-state index is 0.767. The highest BCUT2D eigenvalue weighted by atomic mass is 79.9. The van der Waals surface area contributed by atoms with Crippen LogP contribution in [0.4, 0.5) is 11.4 Å². The normalized spacial score (nSPS) is 10.4. The molecule has 0 saturated carbocycles. The van der Waals surface area contributed by atoms with Crippen molar-refractivity contribution in [1.29, 1.82) is 0 Å². The average Bonchev–Trinajstić information content (AvgIpc) is 2.63. The molecule has 0 aliphatic rings. The fourth-order valence-electron chi connectivity index (χ4n) is 1.46. The van der Waals surface area contributed by atoms with Gasteiger partial charge in [-0.3, -0.25) is 0 Å². The standard InChI is InChI=1S/C12H13BrN2S/c1-8-4-5-16-12(8)7-15-11-3-2-9(13)6-10(11)14/h2-6,15H,7,14H2,1H3. The number of nitrogens with one attached hydrogen (secondary N) is 1. The second-order valence-corrected chi connectivity index (χ2v) is 5.53. The summed E-state index contributed by atoms with van der Waals surface area (Å²) in [5.74, 6) is 0. The van der Waals surface area contributed by atoms with Crippen molar-refractivity contribution in [2.45, 2.75) is 13.5 Å². The molecule has 0 spiro atoms. The Hall–Kier alpha value is -1.00. The summed E-state index contributed by atoms with van der Waals surface area (Å²) in [6.07, 6.45) is 0. The smallest absolute Gasteiger partial charge is 0.0577 e. The number of aryl methyl sites for hydroxylation is 1. The van der Waals surface area contributed by atoms with Gasteiger partial charge in [-0.1, -0.05) is 15.9 Å². The third-order valence-electron chi connectivity index (χ3n) is 2.42. The summed E-state index contributed by atoms with van der Waals surface area (Å²) in [5, 5.41) is 5.46. The lowest BCUT2D eigenvalue weighted by Gasteiger charge is -2.09. The van der Waals surface area contributed by atoms with E-state index in [0.717, 1.165) is 22.4 Å². The molecule has 0 aliphatic heterocycles. The number of hydrogen-bond acceptors (Lipinski definition) is 3. The van der Waals surface area contributed by atoms with E-state index in [-0.39, 0.29) is 0 Å². The Kier molecular flexibility index (Phi) is 3.51. The molecule has 4 heteroatoms. The molecule has 2 aromatic rings. The monoisotopic (exact) mass is 296 g/mol. The lowest BCUT2D eigenvalue weighted by atomic mass is 10.2. The van der Waals surface area contributed by atoms with Gasteiger partial charge >= 0.3 is 0 Å². The molecule has 1 aromatic carbocycles. The first-order valence-electron chi connectivity index (χ1n) is 4.98. The Morgan fingerprint density at radius 1 is 1.38 bits per heavy atom. The molecule has 2 rings (SSSR count). The van der Waals surface area contributed by atoms with Crippen molar-refractivity contribution >= 4 is 38.6 Å². The number of rotatable bonds is 3. The second kappa shape index (κ2) is 4.89. The third-order valence-corrected chi connectivity index (χ3v) is 3.94. The van der Waals surface area contributed by atoms with Gasteiger partial charge < -0.3 is 11.1 Å². The van der Waals surface area contributed by atoms with Crippen LogP contribution in [0.5, 0.6) is 0 Å². The highest BCUT2D eigenvalue weighted by Gasteiger charge is 2.02. The van der Waals surface area contributed by atoms with Crippen LogP contribution < -0.4 is 11.1 Å². The van der Waals surface area contributed by atoms with E-state index in [0.29, 0.717) is 0 Å². The molecule has 0 aliphatic carbocycles. The van der Waals surface area contributed by atoms with Crippen LogP contribution in [0.15, 0.2) is 34.1 Å². The molecule has 0 saturated heterocycles. The van der Waals surface area contributed by atoms with Gasteiger partial charge in [0, 0.05) is 15.9 Å². The van der Waals surface area contributed by atoms with Gasteiger partial charge in [0.05, 0.1) is 11.4 Å². The lowest BCUT2D eigenvalue weighted by molar-refractivity contribution is 1.17. The van der Waals surface area contributed by atoms with Gasteiger partial charge in [-0.25, -0.2) is 0 Å². The topological polar surface area (TPSA) is 38.0 Å². The van der Waals surface area contributed by atoms with Gasteiger partial charge in [-0.05, 0) is 42.1 Å². The second-order valence-electron chi connectivity index (χ2n) is 3.61. The molecular formula is C12H13BrN2S. The quantitative estimate of drug-likeness (QED) is 0.840.